The molecule has 1 rings (SSSR count). The van der Waals surface area contributed by atoms with Crippen LogP contribution in [0.2, 0.25) is 10.0 Å². The van der Waals surface area contributed by atoms with Crippen LogP contribution in [-0.4, -0.2) is 27.5 Å². The molecule has 0 saturated heterocycles. The molecule has 118 valence electrons. The van der Waals surface area contributed by atoms with Gasteiger partial charge in [0, 0.05) is 0 Å². The number of halogens is 2. The van der Waals surface area contributed by atoms with Crippen LogP contribution in [-0.2, 0) is 19.6 Å². The van der Waals surface area contributed by atoms with Crippen LogP contribution in [0.4, 0.5) is 0 Å². The van der Waals surface area contributed by atoms with E-state index < -0.39 is 22.0 Å². The summed E-state index contributed by atoms with van der Waals surface area (Å²) in [6.07, 6.45) is 0.603. The predicted molar refractivity (Wildman–Crippen MR) is 82.0 cm³/mol. The molecule has 21 heavy (non-hydrogen) atoms. The molecule has 0 aliphatic rings. The number of benzene rings is 1. The number of ether oxygens (including phenoxy) is 1. The molecule has 0 spiro atoms. The number of nitrogens with one attached hydrogen (secondary N) is 1. The number of hydrogen-bond acceptors (Lipinski definition) is 4. The van der Waals surface area contributed by atoms with E-state index in [1.54, 1.807) is 6.92 Å². The van der Waals surface area contributed by atoms with Crippen LogP contribution in [0, 0.1) is 5.92 Å². The van der Waals surface area contributed by atoms with Crippen molar-refractivity contribution in [3.05, 3.63) is 28.2 Å². The predicted octanol–water partition coefficient (Wildman–Crippen LogP) is 2.86. The first-order chi connectivity index (χ1) is 9.74. The lowest BCUT2D eigenvalue weighted by atomic mass is 10.0. The van der Waals surface area contributed by atoms with Gasteiger partial charge in [-0.15, -0.1) is 0 Å². The van der Waals surface area contributed by atoms with Gasteiger partial charge in [0.05, 0.1) is 17.2 Å². The average molecular weight is 354 g/mol. The second kappa shape index (κ2) is 7.45. The Morgan fingerprint density at radius 3 is 2.52 bits per heavy atom. The van der Waals surface area contributed by atoms with Gasteiger partial charge in [-0.3, -0.25) is 4.79 Å². The van der Waals surface area contributed by atoms with Crippen molar-refractivity contribution < 1.29 is 17.9 Å². The fourth-order valence-corrected chi connectivity index (χ4v) is 3.74. The summed E-state index contributed by atoms with van der Waals surface area (Å²) in [6.45, 7) is 3.60. The fourth-order valence-electron chi connectivity index (χ4n) is 1.68. The third-order valence-electron chi connectivity index (χ3n) is 3.16. The Bertz CT molecular complexity index is 619. The summed E-state index contributed by atoms with van der Waals surface area (Å²) >= 11 is 11.7. The van der Waals surface area contributed by atoms with Crippen molar-refractivity contribution in [2.75, 3.05) is 7.11 Å². The Hall–Kier alpha value is -0.820. The Balaban J connectivity index is 3.18. The minimum atomic E-state index is -3.99. The Morgan fingerprint density at radius 2 is 2.00 bits per heavy atom. The third-order valence-corrected chi connectivity index (χ3v) is 5.57. The molecule has 5 nitrogen and oxygen atoms in total. The molecule has 0 radical (unpaired) electrons. The highest BCUT2D eigenvalue weighted by molar-refractivity contribution is 7.89. The van der Waals surface area contributed by atoms with Gasteiger partial charge in [-0.1, -0.05) is 49.5 Å². The van der Waals surface area contributed by atoms with Crippen molar-refractivity contribution in [3.63, 3.8) is 0 Å². The maximum atomic E-state index is 12.4. The Labute approximate surface area is 134 Å². The van der Waals surface area contributed by atoms with Crippen LogP contribution in [0.25, 0.3) is 0 Å². The second-order valence-corrected chi connectivity index (χ2v) is 7.03. The molecule has 0 aliphatic heterocycles. The van der Waals surface area contributed by atoms with Gasteiger partial charge in [0.25, 0.3) is 0 Å². The highest BCUT2D eigenvalue weighted by Gasteiger charge is 2.31. The first kappa shape index (κ1) is 18.2. The molecule has 0 unspecified atom stereocenters. The van der Waals surface area contributed by atoms with Crippen LogP contribution in [0.3, 0.4) is 0 Å². The molecule has 2 atom stereocenters. The van der Waals surface area contributed by atoms with Crippen LogP contribution >= 0.6 is 23.2 Å². The lowest BCUT2D eigenvalue weighted by molar-refractivity contribution is -0.143. The summed E-state index contributed by atoms with van der Waals surface area (Å²) < 4.78 is 31.8. The molecule has 0 saturated carbocycles. The quantitative estimate of drug-likeness (QED) is 0.798. The SMILES string of the molecule is CC[C@H](C)[C@@H](NS(=O)(=O)c1cccc(Cl)c1Cl)C(=O)OC. The fraction of sp³-hybridized carbons (Fsp3) is 0.462. The zero-order valence-electron chi connectivity index (χ0n) is 11.9. The monoisotopic (exact) mass is 353 g/mol. The van der Waals surface area contributed by atoms with Gasteiger partial charge in [-0.2, -0.15) is 4.72 Å². The number of carbonyl (C=O) groups excluding carboxylic acids is 1. The maximum Gasteiger partial charge on any atom is 0.324 e. The molecule has 0 amide bonds. The number of hydrogen-bond donors (Lipinski definition) is 1. The standard InChI is InChI=1S/C13H17Cl2NO4S/c1-4-8(2)12(13(17)20-3)16-21(18,19)10-7-5-6-9(14)11(10)15/h5-8,12,16H,4H2,1-3H3/t8-,12+/m0/s1. The zero-order chi connectivity index (χ0) is 16.2. The van der Waals surface area contributed by atoms with Gasteiger partial charge >= 0.3 is 5.97 Å². The van der Waals surface area contributed by atoms with E-state index >= 15 is 0 Å². The molecular formula is C13H17Cl2NO4S. The smallest absolute Gasteiger partial charge is 0.324 e. The Morgan fingerprint density at radius 1 is 1.38 bits per heavy atom. The van der Waals surface area contributed by atoms with Crippen LogP contribution in [0.1, 0.15) is 20.3 Å². The lowest BCUT2D eigenvalue weighted by Gasteiger charge is -2.22. The van der Waals surface area contributed by atoms with Gasteiger partial charge in [0.2, 0.25) is 10.0 Å². The zero-order valence-corrected chi connectivity index (χ0v) is 14.2. The minimum absolute atomic E-state index is 0.0839. The molecule has 1 N–H and O–H groups in total. The number of methoxy groups -OCH3 is 1. The minimum Gasteiger partial charge on any atom is -0.468 e. The van der Waals surface area contributed by atoms with E-state index in [9.17, 15) is 13.2 Å². The molecular weight excluding hydrogens is 337 g/mol. The van der Waals surface area contributed by atoms with Crippen LogP contribution < -0.4 is 4.72 Å². The first-order valence-electron chi connectivity index (χ1n) is 6.28. The molecule has 1 aromatic rings. The van der Waals surface area contributed by atoms with E-state index in [0.717, 1.165) is 0 Å². The summed E-state index contributed by atoms with van der Waals surface area (Å²) in [5.74, 6) is -0.878. The topological polar surface area (TPSA) is 72.5 Å². The van der Waals surface area contributed by atoms with Crippen molar-refractivity contribution in [2.45, 2.75) is 31.2 Å². The molecule has 0 fully saturated rings. The summed E-state index contributed by atoms with van der Waals surface area (Å²) in [5, 5.41) is 0.0390. The average Bonchev–Trinajstić information content (AvgIpc) is 2.45. The van der Waals surface area contributed by atoms with E-state index in [1.165, 1.54) is 25.3 Å². The second-order valence-electron chi connectivity index (χ2n) is 4.56. The van der Waals surface area contributed by atoms with Crippen molar-refractivity contribution in [1.29, 1.82) is 0 Å². The summed E-state index contributed by atoms with van der Waals surface area (Å²) in [4.78, 5) is 11.6. The normalized spacial score (nSPS) is 14.5. The van der Waals surface area contributed by atoms with Crippen LogP contribution in [0.5, 0.6) is 0 Å². The number of rotatable bonds is 6. The van der Waals surface area contributed by atoms with Gasteiger partial charge < -0.3 is 4.74 Å². The van der Waals surface area contributed by atoms with Crippen molar-refractivity contribution >= 4 is 39.2 Å². The number of sulfonamides is 1. The number of esters is 1. The molecule has 8 heteroatoms. The van der Waals surface area contributed by atoms with E-state index in [2.05, 4.69) is 9.46 Å². The molecule has 1 aromatic carbocycles. The number of carbonyl (C=O) groups is 1. The third kappa shape index (κ3) is 4.32. The van der Waals surface area contributed by atoms with E-state index in [0.29, 0.717) is 6.42 Å². The van der Waals surface area contributed by atoms with Gasteiger partial charge in [-0.05, 0) is 18.1 Å². The van der Waals surface area contributed by atoms with Gasteiger partial charge in [0.15, 0.2) is 0 Å². The summed E-state index contributed by atoms with van der Waals surface area (Å²) in [6, 6.07) is 3.29. The largest absolute Gasteiger partial charge is 0.468 e. The van der Waals surface area contributed by atoms with Crippen LogP contribution in [0.15, 0.2) is 23.1 Å². The van der Waals surface area contributed by atoms with E-state index in [4.69, 9.17) is 23.2 Å². The van der Waals surface area contributed by atoms with Crippen molar-refractivity contribution in [2.24, 2.45) is 5.92 Å². The first-order valence-corrected chi connectivity index (χ1v) is 8.52. The van der Waals surface area contributed by atoms with E-state index in [-0.39, 0.29) is 20.9 Å². The Kier molecular flexibility index (Phi) is 6.46. The highest BCUT2D eigenvalue weighted by Crippen LogP contribution is 2.29. The van der Waals surface area contributed by atoms with Gasteiger partial charge in [-0.25, -0.2) is 8.42 Å². The molecule has 0 aromatic heterocycles. The van der Waals surface area contributed by atoms with Crippen molar-refractivity contribution in [3.8, 4) is 0 Å². The lowest BCUT2D eigenvalue weighted by Crippen LogP contribution is -2.45. The molecule has 0 aliphatic carbocycles. The maximum absolute atomic E-state index is 12.4. The highest BCUT2D eigenvalue weighted by atomic mass is 35.5. The molecule has 0 bridgehead atoms. The van der Waals surface area contributed by atoms with Crippen molar-refractivity contribution in [1.82, 2.24) is 4.72 Å². The summed E-state index contributed by atoms with van der Waals surface area (Å²) in [5.41, 5.74) is 0. The summed E-state index contributed by atoms with van der Waals surface area (Å²) in [7, 11) is -2.78. The molecule has 0 heterocycles. The van der Waals surface area contributed by atoms with Gasteiger partial charge in [0.1, 0.15) is 10.9 Å². The van der Waals surface area contributed by atoms with E-state index in [1.807, 2.05) is 6.92 Å².